The lowest BCUT2D eigenvalue weighted by Gasteiger charge is -2.25. The summed E-state index contributed by atoms with van der Waals surface area (Å²) in [5.41, 5.74) is 3.20. The maximum atomic E-state index is 13.4. The first-order valence-corrected chi connectivity index (χ1v) is 12.1. The minimum atomic E-state index is -4.08. The quantitative estimate of drug-likeness (QED) is 0.238. The predicted molar refractivity (Wildman–Crippen MR) is 134 cm³/mol. The maximum Gasteiger partial charge on any atom is 0.343 e. The third-order valence-electron chi connectivity index (χ3n) is 4.84. The topological polar surface area (TPSA) is 124 Å². The Kier molecular flexibility index (Phi) is 9.01. The molecule has 0 aliphatic carbocycles. The molecule has 1 amide bonds. The van der Waals surface area contributed by atoms with Gasteiger partial charge in [-0.3, -0.25) is 9.10 Å². The van der Waals surface area contributed by atoms with Crippen LogP contribution in [0.3, 0.4) is 0 Å². The average Bonchev–Trinajstić information content (AvgIpc) is 2.91. The summed E-state index contributed by atoms with van der Waals surface area (Å²) in [6.45, 7) is -0.746. The number of hydrogen-bond donors (Lipinski definition) is 1. The Morgan fingerprint density at radius 2 is 1.61 bits per heavy atom. The lowest BCUT2D eigenvalue weighted by molar-refractivity contribution is -0.142. The average molecular weight is 512 g/mol. The van der Waals surface area contributed by atoms with Crippen molar-refractivity contribution in [3.63, 3.8) is 0 Å². The smallest absolute Gasteiger partial charge is 0.343 e. The SMILES string of the molecule is COC(=O)COc1ccc(/C=N\NC(=O)CN(c2ccccc2OC)S(=O)(=O)c2ccccc2)cc1. The van der Waals surface area contributed by atoms with Crippen molar-refractivity contribution in [3.8, 4) is 11.5 Å². The van der Waals surface area contributed by atoms with Crippen molar-refractivity contribution in [2.45, 2.75) is 4.90 Å². The Morgan fingerprint density at radius 3 is 2.28 bits per heavy atom. The number of amides is 1. The van der Waals surface area contributed by atoms with Gasteiger partial charge >= 0.3 is 5.97 Å². The van der Waals surface area contributed by atoms with Crippen LogP contribution in [-0.2, 0) is 24.3 Å². The van der Waals surface area contributed by atoms with Gasteiger partial charge in [0.2, 0.25) is 0 Å². The van der Waals surface area contributed by atoms with Crippen molar-refractivity contribution in [2.24, 2.45) is 5.10 Å². The van der Waals surface area contributed by atoms with E-state index >= 15 is 0 Å². The predicted octanol–water partition coefficient (Wildman–Crippen LogP) is 2.59. The van der Waals surface area contributed by atoms with Crippen LogP contribution in [0.4, 0.5) is 5.69 Å². The molecule has 0 spiro atoms. The van der Waals surface area contributed by atoms with Crippen molar-refractivity contribution in [1.82, 2.24) is 5.43 Å². The molecule has 0 atom stereocenters. The van der Waals surface area contributed by atoms with Gasteiger partial charge in [-0.2, -0.15) is 5.10 Å². The zero-order valence-electron chi connectivity index (χ0n) is 19.7. The van der Waals surface area contributed by atoms with Crippen LogP contribution in [0.5, 0.6) is 11.5 Å². The maximum absolute atomic E-state index is 13.4. The molecule has 0 aliphatic rings. The van der Waals surface area contributed by atoms with Crippen LogP contribution in [0.2, 0.25) is 0 Å². The number of nitrogens with one attached hydrogen (secondary N) is 1. The fourth-order valence-electron chi connectivity index (χ4n) is 3.05. The first-order valence-electron chi connectivity index (χ1n) is 10.7. The van der Waals surface area contributed by atoms with E-state index in [9.17, 15) is 18.0 Å². The molecular formula is C25H25N3O7S. The van der Waals surface area contributed by atoms with Gasteiger partial charge in [0.25, 0.3) is 15.9 Å². The Hall–Kier alpha value is -4.38. The Morgan fingerprint density at radius 1 is 0.944 bits per heavy atom. The number of hydrogen-bond acceptors (Lipinski definition) is 8. The number of carbonyl (C=O) groups excluding carboxylic acids is 2. The fraction of sp³-hybridized carbons (Fsp3) is 0.160. The van der Waals surface area contributed by atoms with Crippen LogP contribution in [0.25, 0.3) is 0 Å². The molecule has 188 valence electrons. The van der Waals surface area contributed by atoms with Crippen LogP contribution >= 0.6 is 0 Å². The highest BCUT2D eigenvalue weighted by molar-refractivity contribution is 7.92. The minimum Gasteiger partial charge on any atom is -0.495 e. The largest absolute Gasteiger partial charge is 0.495 e. The Bertz CT molecular complexity index is 1310. The second kappa shape index (κ2) is 12.4. The number of esters is 1. The first-order chi connectivity index (χ1) is 17.3. The van der Waals surface area contributed by atoms with Crippen LogP contribution in [-0.4, -0.2) is 53.9 Å². The van der Waals surface area contributed by atoms with E-state index in [1.54, 1.807) is 66.7 Å². The molecule has 1 N–H and O–H groups in total. The number of sulfonamides is 1. The molecule has 10 nitrogen and oxygen atoms in total. The molecule has 0 unspecified atom stereocenters. The van der Waals surface area contributed by atoms with E-state index < -0.39 is 28.4 Å². The summed E-state index contributed by atoms with van der Waals surface area (Å²) >= 11 is 0. The summed E-state index contributed by atoms with van der Waals surface area (Å²) < 4.78 is 42.9. The highest BCUT2D eigenvalue weighted by atomic mass is 32.2. The highest BCUT2D eigenvalue weighted by Gasteiger charge is 2.29. The molecule has 0 fully saturated rings. The molecule has 0 radical (unpaired) electrons. The van der Waals surface area contributed by atoms with Gasteiger partial charge in [-0.1, -0.05) is 30.3 Å². The number of hydrazone groups is 1. The summed E-state index contributed by atoms with van der Waals surface area (Å²) in [5, 5.41) is 3.91. The van der Waals surface area contributed by atoms with Crippen molar-refractivity contribution < 1.29 is 32.2 Å². The van der Waals surface area contributed by atoms with E-state index in [1.165, 1.54) is 32.6 Å². The Balaban J connectivity index is 1.73. The number of carbonyl (C=O) groups is 2. The third kappa shape index (κ3) is 6.83. The molecule has 3 aromatic carbocycles. The summed E-state index contributed by atoms with van der Waals surface area (Å²) in [6, 6.07) is 20.9. The molecule has 36 heavy (non-hydrogen) atoms. The molecule has 0 bridgehead atoms. The van der Waals surface area contributed by atoms with E-state index in [4.69, 9.17) is 9.47 Å². The monoisotopic (exact) mass is 511 g/mol. The molecule has 0 heterocycles. The van der Waals surface area contributed by atoms with Crippen LogP contribution in [0, 0.1) is 0 Å². The van der Waals surface area contributed by atoms with Crippen molar-refractivity contribution in [2.75, 3.05) is 31.7 Å². The van der Waals surface area contributed by atoms with Gasteiger partial charge in [0, 0.05) is 0 Å². The lowest BCUT2D eigenvalue weighted by atomic mass is 10.2. The first kappa shape index (κ1) is 26.2. The minimum absolute atomic E-state index is 0.0294. The van der Waals surface area contributed by atoms with E-state index in [0.717, 1.165) is 4.31 Å². The summed E-state index contributed by atoms with van der Waals surface area (Å²) in [6.07, 6.45) is 1.39. The molecule has 0 aromatic heterocycles. The number of nitrogens with zero attached hydrogens (tertiary/aromatic N) is 2. The summed E-state index contributed by atoms with van der Waals surface area (Å²) in [7, 11) is -1.39. The number of anilines is 1. The van der Waals surface area contributed by atoms with Crippen LogP contribution < -0.4 is 19.2 Å². The molecule has 3 rings (SSSR count). The molecule has 11 heteroatoms. The molecule has 0 saturated carbocycles. The van der Waals surface area contributed by atoms with E-state index in [-0.39, 0.29) is 17.2 Å². The lowest BCUT2D eigenvalue weighted by Crippen LogP contribution is -2.39. The van der Waals surface area contributed by atoms with E-state index in [0.29, 0.717) is 17.1 Å². The van der Waals surface area contributed by atoms with Gasteiger partial charge in [0.05, 0.1) is 31.0 Å². The third-order valence-corrected chi connectivity index (χ3v) is 6.61. The second-order valence-electron chi connectivity index (χ2n) is 7.22. The van der Waals surface area contributed by atoms with Crippen molar-refractivity contribution in [3.05, 3.63) is 84.4 Å². The van der Waals surface area contributed by atoms with Gasteiger partial charge in [-0.05, 0) is 54.1 Å². The highest BCUT2D eigenvalue weighted by Crippen LogP contribution is 2.32. The second-order valence-corrected chi connectivity index (χ2v) is 9.09. The van der Waals surface area contributed by atoms with E-state index in [1.807, 2.05) is 0 Å². The molecule has 0 saturated heterocycles. The van der Waals surface area contributed by atoms with Crippen molar-refractivity contribution in [1.29, 1.82) is 0 Å². The number of rotatable bonds is 11. The summed E-state index contributed by atoms with van der Waals surface area (Å²) in [5.74, 6) is -0.405. The van der Waals surface area contributed by atoms with Gasteiger partial charge in [0.15, 0.2) is 6.61 Å². The number of methoxy groups -OCH3 is 2. The molecule has 3 aromatic rings. The van der Waals surface area contributed by atoms with Gasteiger partial charge in [-0.25, -0.2) is 18.6 Å². The van der Waals surface area contributed by atoms with Gasteiger partial charge in [-0.15, -0.1) is 0 Å². The number of ether oxygens (including phenoxy) is 3. The molecule has 0 aliphatic heterocycles. The van der Waals surface area contributed by atoms with E-state index in [2.05, 4.69) is 15.3 Å². The standard InChI is InChI=1S/C25H25N3O7S/c1-33-23-11-7-6-10-22(23)28(36(31,32)21-8-4-3-5-9-21)17-24(29)27-26-16-19-12-14-20(15-13-19)35-18-25(30)34-2/h3-16H,17-18H2,1-2H3,(H,27,29)/b26-16-. The van der Waals surface area contributed by atoms with Crippen LogP contribution in [0.15, 0.2) is 88.9 Å². The fourth-order valence-corrected chi connectivity index (χ4v) is 4.50. The number of para-hydroxylation sites is 2. The zero-order chi connectivity index (χ0) is 26.0. The van der Waals surface area contributed by atoms with Gasteiger partial charge < -0.3 is 14.2 Å². The Labute approximate surface area is 209 Å². The van der Waals surface area contributed by atoms with Crippen molar-refractivity contribution >= 4 is 33.8 Å². The van der Waals surface area contributed by atoms with Crippen LogP contribution in [0.1, 0.15) is 5.56 Å². The van der Waals surface area contributed by atoms with Gasteiger partial charge in [0.1, 0.15) is 18.0 Å². The normalized spacial score (nSPS) is 11.1. The summed E-state index contributed by atoms with van der Waals surface area (Å²) in [4.78, 5) is 23.9. The number of benzene rings is 3. The zero-order valence-corrected chi connectivity index (χ0v) is 20.5. The molecular weight excluding hydrogens is 486 g/mol.